The zero-order chi connectivity index (χ0) is 21.5. The molecule has 1 rings (SSSR count). The molecule has 28 heavy (non-hydrogen) atoms. The van der Waals surface area contributed by atoms with Crippen molar-refractivity contribution in [2.24, 2.45) is 5.92 Å². The molecule has 0 bridgehead atoms. The lowest BCUT2D eigenvalue weighted by atomic mass is 10.2. The standard InChI is InChI=1S/C16H23N3O7S2/c1-10(2)8-17-16(21)11(3)26-15(20)9-18-28(24,25)12-5-6-14(27-4)13(7-12)19(22)23/h5-7,10-11,18H,8-9H2,1-4H3,(H,17,21). The summed E-state index contributed by atoms with van der Waals surface area (Å²) in [5, 5.41) is 13.7. The number of ether oxygens (including phenoxy) is 1. The van der Waals surface area contributed by atoms with E-state index in [0.29, 0.717) is 11.4 Å². The normalized spacial score (nSPS) is 12.5. The summed E-state index contributed by atoms with van der Waals surface area (Å²) in [4.78, 5) is 33.9. The average molecular weight is 434 g/mol. The molecule has 0 spiro atoms. The van der Waals surface area contributed by atoms with Crippen LogP contribution in [0.3, 0.4) is 0 Å². The molecule has 12 heteroatoms. The van der Waals surface area contributed by atoms with E-state index in [4.69, 9.17) is 4.74 Å². The highest BCUT2D eigenvalue weighted by Crippen LogP contribution is 2.29. The highest BCUT2D eigenvalue weighted by Gasteiger charge is 2.23. The Morgan fingerprint density at radius 3 is 2.46 bits per heavy atom. The van der Waals surface area contributed by atoms with Gasteiger partial charge in [0.1, 0.15) is 6.54 Å². The van der Waals surface area contributed by atoms with Gasteiger partial charge in [-0.1, -0.05) is 13.8 Å². The van der Waals surface area contributed by atoms with Crippen LogP contribution in [0.5, 0.6) is 0 Å². The molecule has 0 fully saturated rings. The van der Waals surface area contributed by atoms with Gasteiger partial charge in [-0.15, -0.1) is 11.8 Å². The number of carbonyl (C=O) groups excluding carboxylic acids is 2. The fraction of sp³-hybridized carbons (Fsp3) is 0.500. The molecule has 0 aliphatic heterocycles. The third-order valence-electron chi connectivity index (χ3n) is 3.43. The number of benzene rings is 1. The van der Waals surface area contributed by atoms with Gasteiger partial charge in [0.05, 0.1) is 14.7 Å². The fourth-order valence-electron chi connectivity index (χ4n) is 1.96. The van der Waals surface area contributed by atoms with Gasteiger partial charge in [0, 0.05) is 12.6 Å². The molecular formula is C16H23N3O7S2. The molecule has 1 amide bonds. The topological polar surface area (TPSA) is 145 Å². The molecule has 0 saturated carbocycles. The molecule has 1 atom stereocenters. The van der Waals surface area contributed by atoms with Crippen molar-refractivity contribution in [1.82, 2.24) is 10.0 Å². The Kier molecular flexibility index (Phi) is 8.85. The van der Waals surface area contributed by atoms with Crippen molar-refractivity contribution in [3.63, 3.8) is 0 Å². The largest absolute Gasteiger partial charge is 0.452 e. The summed E-state index contributed by atoms with van der Waals surface area (Å²) in [5.41, 5.74) is -0.353. The first-order valence-corrected chi connectivity index (χ1v) is 11.0. The van der Waals surface area contributed by atoms with Gasteiger partial charge in [0.25, 0.3) is 11.6 Å². The average Bonchev–Trinajstić information content (AvgIpc) is 2.63. The van der Waals surface area contributed by atoms with Crippen LogP contribution in [0.15, 0.2) is 28.0 Å². The molecule has 0 aromatic heterocycles. The van der Waals surface area contributed by atoms with E-state index < -0.39 is 39.5 Å². The number of nitrogens with one attached hydrogen (secondary N) is 2. The van der Waals surface area contributed by atoms with Gasteiger partial charge >= 0.3 is 5.97 Å². The van der Waals surface area contributed by atoms with E-state index in [9.17, 15) is 28.1 Å². The molecule has 1 unspecified atom stereocenters. The highest BCUT2D eigenvalue weighted by atomic mass is 32.2. The summed E-state index contributed by atoms with van der Waals surface area (Å²) in [7, 11) is -4.18. The molecular weight excluding hydrogens is 410 g/mol. The van der Waals surface area contributed by atoms with Crippen molar-refractivity contribution in [3.8, 4) is 0 Å². The predicted octanol–water partition coefficient (Wildman–Crippen LogP) is 1.30. The van der Waals surface area contributed by atoms with E-state index in [1.165, 1.54) is 19.1 Å². The van der Waals surface area contributed by atoms with E-state index in [0.717, 1.165) is 17.8 Å². The lowest BCUT2D eigenvalue weighted by molar-refractivity contribution is -0.387. The molecule has 0 heterocycles. The summed E-state index contributed by atoms with van der Waals surface area (Å²) >= 11 is 1.11. The van der Waals surface area contributed by atoms with Crippen LogP contribution in [-0.4, -0.2) is 50.7 Å². The molecule has 2 N–H and O–H groups in total. The Bertz CT molecular complexity index is 841. The van der Waals surface area contributed by atoms with Crippen LogP contribution in [0, 0.1) is 16.0 Å². The number of nitro groups is 1. The van der Waals surface area contributed by atoms with Crippen molar-refractivity contribution < 1.29 is 27.7 Å². The molecule has 0 saturated heterocycles. The van der Waals surface area contributed by atoms with E-state index >= 15 is 0 Å². The third kappa shape index (κ3) is 7.09. The van der Waals surface area contributed by atoms with Gasteiger partial charge in [0.2, 0.25) is 10.0 Å². The van der Waals surface area contributed by atoms with Crippen LogP contribution in [-0.2, 0) is 24.3 Å². The van der Waals surface area contributed by atoms with Crippen molar-refractivity contribution in [2.45, 2.75) is 36.7 Å². The fourth-order valence-corrected chi connectivity index (χ4v) is 3.49. The Morgan fingerprint density at radius 1 is 1.29 bits per heavy atom. The number of hydrogen-bond donors (Lipinski definition) is 2. The van der Waals surface area contributed by atoms with E-state index in [-0.39, 0.29) is 16.5 Å². The number of hydrogen-bond acceptors (Lipinski definition) is 8. The van der Waals surface area contributed by atoms with Crippen molar-refractivity contribution in [3.05, 3.63) is 28.3 Å². The molecule has 10 nitrogen and oxygen atoms in total. The smallest absolute Gasteiger partial charge is 0.321 e. The van der Waals surface area contributed by atoms with Crippen LogP contribution < -0.4 is 10.0 Å². The van der Waals surface area contributed by atoms with Crippen LogP contribution in [0.2, 0.25) is 0 Å². The zero-order valence-corrected chi connectivity index (χ0v) is 17.6. The minimum absolute atomic E-state index is 0.222. The van der Waals surface area contributed by atoms with Crippen LogP contribution >= 0.6 is 11.8 Å². The minimum atomic E-state index is -4.18. The molecule has 0 aliphatic rings. The lowest BCUT2D eigenvalue weighted by Gasteiger charge is -2.15. The summed E-state index contributed by atoms with van der Waals surface area (Å²) < 4.78 is 31.5. The first kappa shape index (κ1) is 23.9. The molecule has 156 valence electrons. The van der Waals surface area contributed by atoms with Gasteiger partial charge in [-0.05, 0) is 31.2 Å². The Hall–Kier alpha value is -2.18. The second-order valence-corrected chi connectivity index (χ2v) is 8.80. The van der Waals surface area contributed by atoms with Gasteiger partial charge < -0.3 is 10.1 Å². The lowest BCUT2D eigenvalue weighted by Crippen LogP contribution is -2.39. The van der Waals surface area contributed by atoms with Crippen molar-refractivity contribution in [1.29, 1.82) is 0 Å². The predicted molar refractivity (Wildman–Crippen MR) is 103 cm³/mol. The summed E-state index contributed by atoms with van der Waals surface area (Å²) in [5.74, 6) is -1.22. The number of nitro benzene ring substituents is 1. The van der Waals surface area contributed by atoms with Crippen LogP contribution in [0.1, 0.15) is 20.8 Å². The van der Waals surface area contributed by atoms with E-state index in [2.05, 4.69) is 5.32 Å². The summed E-state index contributed by atoms with van der Waals surface area (Å²) in [6, 6.07) is 3.44. The third-order valence-corrected chi connectivity index (χ3v) is 5.61. The SMILES string of the molecule is CSc1ccc(S(=O)(=O)NCC(=O)OC(C)C(=O)NCC(C)C)cc1[N+](=O)[O-]. The second kappa shape index (κ2) is 10.4. The van der Waals surface area contributed by atoms with Gasteiger partial charge in [-0.3, -0.25) is 19.7 Å². The maximum Gasteiger partial charge on any atom is 0.321 e. The number of esters is 1. The van der Waals surface area contributed by atoms with Crippen molar-refractivity contribution in [2.75, 3.05) is 19.3 Å². The number of carbonyl (C=O) groups is 2. The molecule has 0 aliphatic carbocycles. The Morgan fingerprint density at radius 2 is 1.93 bits per heavy atom. The van der Waals surface area contributed by atoms with Gasteiger partial charge in [-0.2, -0.15) is 4.72 Å². The number of rotatable bonds is 10. The first-order chi connectivity index (χ1) is 13.0. The number of thioether (sulfide) groups is 1. The number of sulfonamides is 1. The van der Waals surface area contributed by atoms with Crippen LogP contribution in [0.25, 0.3) is 0 Å². The van der Waals surface area contributed by atoms with E-state index in [1.807, 2.05) is 18.6 Å². The maximum atomic E-state index is 12.3. The number of amides is 1. The monoisotopic (exact) mass is 433 g/mol. The zero-order valence-electron chi connectivity index (χ0n) is 15.9. The molecule has 1 aromatic rings. The second-order valence-electron chi connectivity index (χ2n) is 6.19. The van der Waals surface area contributed by atoms with Crippen molar-refractivity contribution >= 4 is 39.3 Å². The highest BCUT2D eigenvalue weighted by molar-refractivity contribution is 7.98. The summed E-state index contributed by atoms with van der Waals surface area (Å²) in [6.45, 7) is 4.87. The summed E-state index contributed by atoms with van der Waals surface area (Å²) in [6.07, 6.45) is 0.543. The first-order valence-electron chi connectivity index (χ1n) is 8.27. The van der Waals surface area contributed by atoms with E-state index in [1.54, 1.807) is 6.26 Å². The molecule has 0 radical (unpaired) electrons. The van der Waals surface area contributed by atoms with Crippen LogP contribution in [0.4, 0.5) is 5.69 Å². The maximum absolute atomic E-state index is 12.3. The van der Waals surface area contributed by atoms with Gasteiger partial charge in [0.15, 0.2) is 6.10 Å². The Labute approximate surface area is 167 Å². The minimum Gasteiger partial charge on any atom is -0.452 e. The quantitative estimate of drug-likeness (QED) is 0.243. The van der Waals surface area contributed by atoms with Gasteiger partial charge in [-0.25, -0.2) is 8.42 Å². The number of nitrogens with zero attached hydrogens (tertiary/aromatic N) is 1. The molecule has 1 aromatic carbocycles. The Balaban J connectivity index is 2.73.